The molecule has 1 aromatic rings. The van der Waals surface area contributed by atoms with Gasteiger partial charge >= 0.3 is 0 Å². The maximum Gasteiger partial charge on any atom is 0.191 e. The number of nitriles is 1. The summed E-state index contributed by atoms with van der Waals surface area (Å²) in [6, 6.07) is 6.27. The summed E-state index contributed by atoms with van der Waals surface area (Å²) in [7, 11) is 0. The Kier molecular flexibility index (Phi) is 6.10. The molecule has 1 rings (SSSR count). The topological polar surface area (TPSA) is 60.2 Å². The predicted molar refractivity (Wildman–Crippen MR) is 74.1 cm³/mol. The third-order valence-corrected chi connectivity index (χ3v) is 2.35. The first kappa shape index (κ1) is 14.7. The van der Waals surface area contributed by atoms with Gasteiger partial charge in [-0.15, -0.1) is 6.58 Å². The van der Waals surface area contributed by atoms with Crippen molar-refractivity contribution >= 4 is 5.96 Å². The zero-order valence-electron chi connectivity index (χ0n) is 10.9. The van der Waals surface area contributed by atoms with Gasteiger partial charge in [-0.1, -0.05) is 12.1 Å². The van der Waals surface area contributed by atoms with Crippen LogP contribution in [0.1, 0.15) is 18.1 Å². The standard InChI is InChI=1S/C14H17FN4/c1-3-7-18-14(17-4-2)19-10-12-6-5-11(9-16)8-13(12)15/h3,5-6,8H,1,4,7,10H2,2H3,(H2,17,18,19). The highest BCUT2D eigenvalue weighted by atomic mass is 19.1. The summed E-state index contributed by atoms with van der Waals surface area (Å²) in [6.45, 7) is 7.08. The Morgan fingerprint density at radius 1 is 1.53 bits per heavy atom. The molecule has 0 heterocycles. The number of halogens is 1. The lowest BCUT2D eigenvalue weighted by Gasteiger charge is -2.09. The van der Waals surface area contributed by atoms with Crippen LogP contribution in [0.3, 0.4) is 0 Å². The number of aliphatic imine (C=N–C) groups is 1. The van der Waals surface area contributed by atoms with Gasteiger partial charge < -0.3 is 10.6 Å². The molecule has 100 valence electrons. The average molecular weight is 260 g/mol. The van der Waals surface area contributed by atoms with Crippen molar-refractivity contribution in [1.82, 2.24) is 10.6 Å². The smallest absolute Gasteiger partial charge is 0.191 e. The monoisotopic (exact) mass is 260 g/mol. The highest BCUT2D eigenvalue weighted by Gasteiger charge is 2.03. The minimum Gasteiger partial charge on any atom is -0.357 e. The normalized spacial score (nSPS) is 10.7. The van der Waals surface area contributed by atoms with Gasteiger partial charge in [0.2, 0.25) is 0 Å². The van der Waals surface area contributed by atoms with Crippen molar-refractivity contribution in [3.63, 3.8) is 0 Å². The quantitative estimate of drug-likeness (QED) is 0.483. The van der Waals surface area contributed by atoms with E-state index in [4.69, 9.17) is 5.26 Å². The predicted octanol–water partition coefficient (Wildman–Crippen LogP) is 1.94. The Labute approximate surface area is 112 Å². The van der Waals surface area contributed by atoms with Crippen molar-refractivity contribution in [3.8, 4) is 6.07 Å². The molecular formula is C14H17FN4. The van der Waals surface area contributed by atoms with Gasteiger partial charge in [-0.25, -0.2) is 9.38 Å². The van der Waals surface area contributed by atoms with Crippen LogP contribution in [0.15, 0.2) is 35.8 Å². The van der Waals surface area contributed by atoms with Crippen molar-refractivity contribution in [3.05, 3.63) is 47.8 Å². The molecule has 0 atom stereocenters. The Balaban J connectivity index is 2.76. The second kappa shape index (κ2) is 7.88. The first-order chi connectivity index (χ1) is 9.21. The van der Waals surface area contributed by atoms with Crippen LogP contribution in [-0.2, 0) is 6.54 Å². The minimum absolute atomic E-state index is 0.212. The summed E-state index contributed by atoms with van der Waals surface area (Å²) in [5.74, 6) is 0.188. The third kappa shape index (κ3) is 4.80. The maximum atomic E-state index is 13.6. The molecule has 0 aliphatic rings. The van der Waals surface area contributed by atoms with Crippen molar-refractivity contribution < 1.29 is 4.39 Å². The molecule has 0 saturated heterocycles. The molecule has 0 radical (unpaired) electrons. The van der Waals surface area contributed by atoms with Crippen molar-refractivity contribution in [2.45, 2.75) is 13.5 Å². The summed E-state index contributed by atoms with van der Waals surface area (Å²) in [5.41, 5.74) is 0.761. The van der Waals surface area contributed by atoms with Crippen LogP contribution in [0.4, 0.5) is 4.39 Å². The third-order valence-electron chi connectivity index (χ3n) is 2.35. The molecule has 19 heavy (non-hydrogen) atoms. The fraction of sp³-hybridized carbons (Fsp3) is 0.286. The fourth-order valence-corrected chi connectivity index (χ4v) is 1.42. The molecule has 0 aliphatic heterocycles. The fourth-order valence-electron chi connectivity index (χ4n) is 1.42. The molecule has 2 N–H and O–H groups in total. The van der Waals surface area contributed by atoms with E-state index in [2.05, 4.69) is 22.2 Å². The van der Waals surface area contributed by atoms with E-state index in [-0.39, 0.29) is 6.54 Å². The lowest BCUT2D eigenvalue weighted by molar-refractivity contribution is 0.610. The van der Waals surface area contributed by atoms with Crippen LogP contribution in [0.5, 0.6) is 0 Å². The molecule has 0 unspecified atom stereocenters. The summed E-state index contributed by atoms with van der Waals surface area (Å²) in [6.07, 6.45) is 1.72. The summed E-state index contributed by atoms with van der Waals surface area (Å²) < 4.78 is 13.6. The summed E-state index contributed by atoms with van der Waals surface area (Å²) in [5, 5.41) is 14.7. The van der Waals surface area contributed by atoms with Crippen LogP contribution in [0, 0.1) is 17.1 Å². The van der Waals surface area contributed by atoms with Gasteiger partial charge in [0.05, 0.1) is 18.2 Å². The highest BCUT2D eigenvalue weighted by Crippen LogP contribution is 2.10. The van der Waals surface area contributed by atoms with Gasteiger partial charge in [-0.05, 0) is 19.1 Å². The Bertz CT molecular complexity index is 503. The van der Waals surface area contributed by atoms with E-state index >= 15 is 0 Å². The second-order valence-electron chi connectivity index (χ2n) is 3.78. The SMILES string of the molecule is C=CCNC(=NCc1ccc(C#N)cc1F)NCC. The molecule has 5 heteroatoms. The zero-order valence-corrected chi connectivity index (χ0v) is 10.9. The molecule has 0 saturated carbocycles. The van der Waals surface area contributed by atoms with Crippen molar-refractivity contribution in [2.24, 2.45) is 4.99 Å². The zero-order chi connectivity index (χ0) is 14.1. The maximum absolute atomic E-state index is 13.6. The molecule has 0 bridgehead atoms. The summed E-state index contributed by atoms with van der Waals surface area (Å²) in [4.78, 5) is 4.26. The number of nitrogens with one attached hydrogen (secondary N) is 2. The van der Waals surface area contributed by atoms with Gasteiger partial charge in [0.25, 0.3) is 0 Å². The first-order valence-corrected chi connectivity index (χ1v) is 6.02. The molecular weight excluding hydrogens is 243 g/mol. The number of nitrogens with zero attached hydrogens (tertiary/aromatic N) is 2. The number of hydrogen-bond acceptors (Lipinski definition) is 2. The van der Waals surface area contributed by atoms with E-state index in [1.54, 1.807) is 18.2 Å². The lowest BCUT2D eigenvalue weighted by Crippen LogP contribution is -2.37. The number of benzene rings is 1. The van der Waals surface area contributed by atoms with E-state index in [0.29, 0.717) is 23.6 Å². The molecule has 0 fully saturated rings. The largest absolute Gasteiger partial charge is 0.357 e. The molecule has 0 amide bonds. The van der Waals surface area contributed by atoms with Crippen molar-refractivity contribution in [2.75, 3.05) is 13.1 Å². The number of hydrogen-bond donors (Lipinski definition) is 2. The van der Waals surface area contributed by atoms with Gasteiger partial charge in [0, 0.05) is 18.7 Å². The van der Waals surface area contributed by atoms with Gasteiger partial charge in [0.1, 0.15) is 5.82 Å². The molecule has 0 spiro atoms. The van der Waals surface area contributed by atoms with Gasteiger partial charge in [0.15, 0.2) is 5.96 Å². The van der Waals surface area contributed by atoms with Crippen LogP contribution in [0.2, 0.25) is 0 Å². The number of guanidine groups is 1. The lowest BCUT2D eigenvalue weighted by atomic mass is 10.1. The van der Waals surface area contributed by atoms with Gasteiger partial charge in [-0.2, -0.15) is 5.26 Å². The van der Waals surface area contributed by atoms with Crippen LogP contribution in [-0.4, -0.2) is 19.0 Å². The minimum atomic E-state index is -0.414. The van der Waals surface area contributed by atoms with E-state index in [1.807, 2.05) is 13.0 Å². The number of rotatable bonds is 5. The Morgan fingerprint density at radius 3 is 2.89 bits per heavy atom. The molecule has 0 aromatic heterocycles. The van der Waals surface area contributed by atoms with Gasteiger partial charge in [-0.3, -0.25) is 0 Å². The first-order valence-electron chi connectivity index (χ1n) is 6.02. The second-order valence-corrected chi connectivity index (χ2v) is 3.78. The van der Waals surface area contributed by atoms with E-state index in [0.717, 1.165) is 6.54 Å². The molecule has 4 nitrogen and oxygen atoms in total. The summed E-state index contributed by atoms with van der Waals surface area (Å²) >= 11 is 0. The van der Waals surface area contributed by atoms with E-state index in [1.165, 1.54) is 6.07 Å². The molecule has 1 aromatic carbocycles. The van der Waals surface area contributed by atoms with E-state index < -0.39 is 5.82 Å². The van der Waals surface area contributed by atoms with Crippen LogP contribution < -0.4 is 10.6 Å². The van der Waals surface area contributed by atoms with Crippen LogP contribution in [0.25, 0.3) is 0 Å². The molecule has 0 aliphatic carbocycles. The highest BCUT2D eigenvalue weighted by molar-refractivity contribution is 5.79. The van der Waals surface area contributed by atoms with Crippen LogP contribution >= 0.6 is 0 Å². The van der Waals surface area contributed by atoms with Crippen molar-refractivity contribution in [1.29, 1.82) is 5.26 Å². The Hall–Kier alpha value is -2.35. The van der Waals surface area contributed by atoms with E-state index in [9.17, 15) is 4.39 Å². The average Bonchev–Trinajstić information content (AvgIpc) is 2.42. The Morgan fingerprint density at radius 2 is 2.32 bits per heavy atom.